The fourth-order valence-electron chi connectivity index (χ4n) is 6.15. The van der Waals surface area contributed by atoms with Gasteiger partial charge in [0.15, 0.2) is 0 Å². The molecular formula is C23H30O3. The van der Waals surface area contributed by atoms with Gasteiger partial charge in [0.25, 0.3) is 0 Å². The van der Waals surface area contributed by atoms with Crippen LogP contribution in [0.2, 0.25) is 0 Å². The highest BCUT2D eigenvalue weighted by atomic mass is 16.3. The number of Topliss-reactive ketones (excluding diaryl/α,β-unsaturated/α-hetero) is 2. The zero-order chi connectivity index (χ0) is 18.5. The summed E-state index contributed by atoms with van der Waals surface area (Å²) in [6.45, 7) is 3.84. The molecule has 1 aromatic rings. The van der Waals surface area contributed by atoms with Crippen LogP contribution >= 0.6 is 0 Å². The smallest absolute Gasteiger partial charge is 0.139 e. The molecule has 0 spiro atoms. The van der Waals surface area contributed by atoms with Crippen LogP contribution in [-0.2, 0) is 22.4 Å². The van der Waals surface area contributed by atoms with E-state index in [1.807, 2.05) is 6.07 Å². The van der Waals surface area contributed by atoms with Gasteiger partial charge in [-0.05, 0) is 92.4 Å². The van der Waals surface area contributed by atoms with Crippen LogP contribution < -0.4 is 0 Å². The second-order valence-electron chi connectivity index (χ2n) is 9.07. The van der Waals surface area contributed by atoms with Gasteiger partial charge in [-0.3, -0.25) is 4.79 Å². The second-order valence-corrected chi connectivity index (χ2v) is 9.07. The lowest BCUT2D eigenvalue weighted by molar-refractivity contribution is -0.129. The molecule has 1 N–H and O–H groups in total. The van der Waals surface area contributed by atoms with Crippen molar-refractivity contribution in [3.63, 3.8) is 0 Å². The maximum atomic E-state index is 12.5. The van der Waals surface area contributed by atoms with Gasteiger partial charge < -0.3 is 9.90 Å². The van der Waals surface area contributed by atoms with Crippen molar-refractivity contribution in [3.8, 4) is 5.75 Å². The van der Waals surface area contributed by atoms with E-state index in [0.29, 0.717) is 35.7 Å². The lowest BCUT2D eigenvalue weighted by Gasteiger charge is -2.48. The number of aromatic hydroxyl groups is 1. The van der Waals surface area contributed by atoms with E-state index in [4.69, 9.17) is 0 Å². The molecule has 3 aliphatic carbocycles. The highest BCUT2D eigenvalue weighted by Crippen LogP contribution is 2.59. The molecule has 140 valence electrons. The number of rotatable bonds is 4. The van der Waals surface area contributed by atoms with E-state index in [0.717, 1.165) is 56.9 Å². The van der Waals surface area contributed by atoms with Crippen LogP contribution in [0.1, 0.15) is 81.4 Å². The fraction of sp³-hybridized carbons (Fsp3) is 0.652. The van der Waals surface area contributed by atoms with Crippen LogP contribution in [0.15, 0.2) is 12.1 Å². The van der Waals surface area contributed by atoms with Gasteiger partial charge in [-0.2, -0.15) is 0 Å². The average Bonchev–Trinajstić information content (AvgIpc) is 2.90. The Morgan fingerprint density at radius 3 is 2.81 bits per heavy atom. The lowest BCUT2D eigenvalue weighted by atomic mass is 9.55. The number of hydrogen-bond acceptors (Lipinski definition) is 3. The molecule has 2 fully saturated rings. The standard InChI is InChI=1S/C23H30O3/c1-14(24)4-3-5-16-12-19-15(13-21(16)25)6-7-18-17(19)10-11-23(2)20(18)8-9-22(23)26/h12-13,17-18,20,25H,3-11H2,1-2H3/t17-,18+,20-,23-/m0/s1. The van der Waals surface area contributed by atoms with Gasteiger partial charge in [0.2, 0.25) is 0 Å². The third kappa shape index (κ3) is 2.80. The minimum atomic E-state index is -0.0834. The molecule has 0 heterocycles. The SMILES string of the molecule is CC(=O)CCCc1cc2c(cc1O)CC[C@@H]1[C@@H]2CC[C@]2(C)C(=O)CC[C@@H]12. The van der Waals surface area contributed by atoms with Crippen molar-refractivity contribution in [1.29, 1.82) is 0 Å². The zero-order valence-corrected chi connectivity index (χ0v) is 16.0. The largest absolute Gasteiger partial charge is 0.508 e. The Morgan fingerprint density at radius 2 is 2.04 bits per heavy atom. The number of phenolic OH excluding ortho intramolecular Hbond substituents is 1. The highest BCUT2D eigenvalue weighted by Gasteiger charge is 2.54. The molecule has 3 aliphatic rings. The number of carbonyl (C=O) groups excluding carboxylic acids is 2. The maximum absolute atomic E-state index is 12.5. The number of hydrogen-bond donors (Lipinski definition) is 1. The molecule has 2 saturated carbocycles. The summed E-state index contributed by atoms with van der Waals surface area (Å²) in [7, 11) is 0. The molecule has 4 rings (SSSR count). The summed E-state index contributed by atoms with van der Waals surface area (Å²) in [5.41, 5.74) is 3.62. The van der Waals surface area contributed by atoms with E-state index >= 15 is 0 Å². The Balaban J connectivity index is 1.61. The molecule has 3 heteroatoms. The summed E-state index contributed by atoms with van der Waals surface area (Å²) in [5.74, 6) is 2.78. The number of benzene rings is 1. The van der Waals surface area contributed by atoms with Gasteiger partial charge in [-0.1, -0.05) is 13.0 Å². The van der Waals surface area contributed by atoms with E-state index in [2.05, 4.69) is 13.0 Å². The summed E-state index contributed by atoms with van der Waals surface area (Å²) in [4.78, 5) is 23.7. The molecule has 1 aromatic carbocycles. The first kappa shape index (κ1) is 17.8. The molecule has 0 radical (unpaired) electrons. The Morgan fingerprint density at radius 1 is 1.23 bits per heavy atom. The molecule has 3 nitrogen and oxygen atoms in total. The van der Waals surface area contributed by atoms with E-state index in [1.165, 1.54) is 11.1 Å². The van der Waals surface area contributed by atoms with Gasteiger partial charge in [0, 0.05) is 18.3 Å². The quantitative estimate of drug-likeness (QED) is 0.850. The van der Waals surface area contributed by atoms with Gasteiger partial charge in [0.1, 0.15) is 17.3 Å². The average molecular weight is 354 g/mol. The maximum Gasteiger partial charge on any atom is 0.139 e. The highest BCUT2D eigenvalue weighted by molar-refractivity contribution is 5.87. The van der Waals surface area contributed by atoms with Gasteiger partial charge in [-0.15, -0.1) is 0 Å². The predicted octanol–water partition coefficient (Wildman–Crippen LogP) is 4.73. The van der Waals surface area contributed by atoms with E-state index in [1.54, 1.807) is 6.92 Å². The van der Waals surface area contributed by atoms with E-state index in [9.17, 15) is 14.7 Å². The first-order chi connectivity index (χ1) is 12.4. The van der Waals surface area contributed by atoms with Gasteiger partial charge >= 0.3 is 0 Å². The fourth-order valence-corrected chi connectivity index (χ4v) is 6.15. The third-order valence-corrected chi connectivity index (χ3v) is 7.61. The van der Waals surface area contributed by atoms with Crippen LogP contribution in [0.3, 0.4) is 0 Å². The first-order valence-electron chi connectivity index (χ1n) is 10.3. The lowest BCUT2D eigenvalue weighted by Crippen LogP contribution is -2.42. The van der Waals surface area contributed by atoms with Crippen LogP contribution in [0, 0.1) is 17.3 Å². The molecular weight excluding hydrogens is 324 g/mol. The minimum absolute atomic E-state index is 0.0834. The predicted molar refractivity (Wildman–Crippen MR) is 101 cm³/mol. The molecule has 0 saturated heterocycles. The van der Waals surface area contributed by atoms with Crippen LogP contribution in [-0.4, -0.2) is 16.7 Å². The summed E-state index contributed by atoms with van der Waals surface area (Å²) in [6.07, 6.45) is 8.23. The van der Waals surface area contributed by atoms with Gasteiger partial charge in [-0.25, -0.2) is 0 Å². The number of fused-ring (bicyclic) bond motifs is 5. The van der Waals surface area contributed by atoms with Crippen LogP contribution in [0.4, 0.5) is 0 Å². The third-order valence-electron chi connectivity index (χ3n) is 7.61. The number of phenols is 1. The van der Waals surface area contributed by atoms with Crippen LogP contribution in [0.25, 0.3) is 0 Å². The van der Waals surface area contributed by atoms with Crippen molar-refractivity contribution in [2.75, 3.05) is 0 Å². The summed E-state index contributed by atoms with van der Waals surface area (Å²) in [5, 5.41) is 10.4. The summed E-state index contributed by atoms with van der Waals surface area (Å²) >= 11 is 0. The molecule has 0 aromatic heterocycles. The zero-order valence-electron chi connectivity index (χ0n) is 16.0. The number of ketones is 2. The molecule has 0 bridgehead atoms. The van der Waals surface area contributed by atoms with Crippen molar-refractivity contribution in [1.82, 2.24) is 0 Å². The van der Waals surface area contributed by atoms with Crippen LogP contribution in [0.5, 0.6) is 5.75 Å². The normalized spacial score (nSPS) is 32.7. The Hall–Kier alpha value is -1.64. The first-order valence-corrected chi connectivity index (χ1v) is 10.3. The monoisotopic (exact) mass is 354 g/mol. The topological polar surface area (TPSA) is 54.4 Å². The Bertz CT molecular complexity index is 750. The molecule has 0 amide bonds. The van der Waals surface area contributed by atoms with Crippen molar-refractivity contribution in [2.24, 2.45) is 17.3 Å². The van der Waals surface area contributed by atoms with E-state index < -0.39 is 0 Å². The van der Waals surface area contributed by atoms with E-state index in [-0.39, 0.29) is 11.2 Å². The Kier molecular flexibility index (Phi) is 4.45. The van der Waals surface area contributed by atoms with Crippen molar-refractivity contribution in [2.45, 2.75) is 77.6 Å². The summed E-state index contributed by atoms with van der Waals surface area (Å²) in [6, 6.07) is 4.20. The van der Waals surface area contributed by atoms with Crippen molar-refractivity contribution >= 4 is 11.6 Å². The summed E-state index contributed by atoms with van der Waals surface area (Å²) < 4.78 is 0. The Labute approximate surface area is 156 Å². The van der Waals surface area contributed by atoms with Crippen molar-refractivity contribution < 1.29 is 14.7 Å². The molecule has 26 heavy (non-hydrogen) atoms. The molecule has 0 unspecified atom stereocenters. The number of aryl methyl sites for hydroxylation is 2. The van der Waals surface area contributed by atoms with Gasteiger partial charge in [0.05, 0.1) is 0 Å². The number of carbonyl (C=O) groups is 2. The van der Waals surface area contributed by atoms with Crippen molar-refractivity contribution in [3.05, 3.63) is 28.8 Å². The second kappa shape index (κ2) is 6.51. The molecule has 0 aliphatic heterocycles. The molecule has 4 atom stereocenters. The minimum Gasteiger partial charge on any atom is -0.508 e.